The zero-order valence-corrected chi connectivity index (χ0v) is 15.0. The largest absolute Gasteiger partial charge is 0.235 e. The smallest absolute Gasteiger partial charge is 0.211 e. The first-order valence-corrected chi connectivity index (χ1v) is 8.66. The first-order chi connectivity index (χ1) is 12.7. The predicted molar refractivity (Wildman–Crippen MR) is 95.9 cm³/mol. The van der Waals surface area contributed by atoms with Crippen molar-refractivity contribution in [3.05, 3.63) is 43.8 Å². The molecule has 0 bridgehead atoms. The van der Waals surface area contributed by atoms with Crippen molar-refractivity contribution in [2.24, 2.45) is 20.0 Å². The third-order valence-corrected chi connectivity index (χ3v) is 4.74. The van der Waals surface area contributed by atoms with Gasteiger partial charge in [0.15, 0.2) is 0 Å². The number of rotatable bonds is 8. The summed E-state index contributed by atoms with van der Waals surface area (Å²) in [7, 11) is 0. The zero-order chi connectivity index (χ0) is 19.0. The molecular weight excluding hydrogens is 376 g/mol. The van der Waals surface area contributed by atoms with Crippen molar-refractivity contribution in [3.8, 4) is 0 Å². The van der Waals surface area contributed by atoms with Gasteiger partial charge in [-0.3, -0.25) is 0 Å². The molecule has 0 spiro atoms. The van der Waals surface area contributed by atoms with Crippen LogP contribution in [0.5, 0.6) is 0 Å². The third-order valence-electron chi connectivity index (χ3n) is 2.63. The molecule has 2 heterocycles. The standard InChI is InChI=1S/2C8H6N2O2S/c2*11-5-9-3-7-1-2-8(13-7)4-10-6-12/h2*1-2H,3-4H2. The van der Waals surface area contributed by atoms with Gasteiger partial charge in [-0.05, 0) is 24.3 Å². The van der Waals surface area contributed by atoms with E-state index in [1.54, 1.807) is 0 Å². The predicted octanol–water partition coefficient (Wildman–Crippen LogP) is 2.84. The summed E-state index contributed by atoms with van der Waals surface area (Å²) in [6, 6.07) is 7.39. The maximum absolute atomic E-state index is 9.80. The number of carbonyl (C=O) groups excluding carboxylic acids is 4. The number of hydrogen-bond acceptors (Lipinski definition) is 10. The first-order valence-electron chi connectivity index (χ1n) is 7.03. The Morgan fingerprint density at radius 2 is 0.769 bits per heavy atom. The molecule has 10 heteroatoms. The summed E-state index contributed by atoms with van der Waals surface area (Å²) in [5.41, 5.74) is 0. The van der Waals surface area contributed by atoms with Crippen molar-refractivity contribution < 1.29 is 19.2 Å². The van der Waals surface area contributed by atoms with Gasteiger partial charge in [0.1, 0.15) is 0 Å². The molecule has 0 radical (unpaired) electrons. The fraction of sp³-hybridized carbons (Fsp3) is 0.250. The van der Waals surface area contributed by atoms with Crippen molar-refractivity contribution >= 4 is 47.0 Å². The lowest BCUT2D eigenvalue weighted by atomic mass is 10.4. The van der Waals surface area contributed by atoms with Crippen molar-refractivity contribution in [2.45, 2.75) is 26.2 Å². The summed E-state index contributed by atoms with van der Waals surface area (Å²) in [5, 5.41) is 0. The van der Waals surface area contributed by atoms with Crippen LogP contribution in [0.2, 0.25) is 0 Å². The van der Waals surface area contributed by atoms with Gasteiger partial charge in [-0.2, -0.15) is 0 Å². The van der Waals surface area contributed by atoms with Crippen LogP contribution in [0.1, 0.15) is 19.5 Å². The normalized spacial score (nSPS) is 8.62. The van der Waals surface area contributed by atoms with Gasteiger partial charge >= 0.3 is 0 Å². The van der Waals surface area contributed by atoms with Crippen LogP contribution in [0, 0.1) is 0 Å². The molecular formula is C16H12N4O4S2. The Hall–Kier alpha value is -3.08. The molecule has 8 nitrogen and oxygen atoms in total. The third kappa shape index (κ3) is 8.68. The highest BCUT2D eigenvalue weighted by Crippen LogP contribution is 2.18. The maximum Gasteiger partial charge on any atom is 0.235 e. The molecule has 0 aliphatic carbocycles. The van der Waals surface area contributed by atoms with E-state index in [0.717, 1.165) is 19.5 Å². The Morgan fingerprint density at radius 3 is 0.962 bits per heavy atom. The van der Waals surface area contributed by atoms with Gasteiger partial charge in [-0.25, -0.2) is 39.1 Å². The molecule has 0 fully saturated rings. The molecule has 2 rings (SSSR count). The molecule has 132 valence electrons. The number of aliphatic imine (C=N–C) groups is 4. The van der Waals surface area contributed by atoms with Crippen molar-refractivity contribution in [3.63, 3.8) is 0 Å². The van der Waals surface area contributed by atoms with Crippen LogP contribution in [-0.2, 0) is 45.4 Å². The van der Waals surface area contributed by atoms with E-state index in [1.807, 2.05) is 24.3 Å². The highest BCUT2D eigenvalue weighted by Gasteiger charge is 1.98. The van der Waals surface area contributed by atoms with E-state index in [-0.39, 0.29) is 0 Å². The van der Waals surface area contributed by atoms with Gasteiger partial charge in [0.05, 0.1) is 26.2 Å². The van der Waals surface area contributed by atoms with Crippen LogP contribution in [0.3, 0.4) is 0 Å². The number of hydrogen-bond donors (Lipinski definition) is 0. The minimum absolute atomic E-state index is 0.346. The van der Waals surface area contributed by atoms with E-state index < -0.39 is 0 Å². The SMILES string of the molecule is O=C=NCc1ccc(CN=C=O)s1.O=C=NCc1ccc(CN=C=O)s1. The van der Waals surface area contributed by atoms with E-state index in [9.17, 15) is 19.2 Å². The summed E-state index contributed by atoms with van der Waals surface area (Å²) < 4.78 is 0. The monoisotopic (exact) mass is 388 g/mol. The van der Waals surface area contributed by atoms with Gasteiger partial charge < -0.3 is 0 Å². The van der Waals surface area contributed by atoms with Gasteiger partial charge in [-0.1, -0.05) is 0 Å². The van der Waals surface area contributed by atoms with E-state index >= 15 is 0 Å². The van der Waals surface area contributed by atoms with Crippen LogP contribution in [-0.4, -0.2) is 24.3 Å². The van der Waals surface area contributed by atoms with Crippen molar-refractivity contribution in [1.29, 1.82) is 0 Å². The Kier molecular flexibility index (Phi) is 10.7. The molecule has 2 aromatic rings. The Morgan fingerprint density at radius 1 is 0.538 bits per heavy atom. The van der Waals surface area contributed by atoms with Crippen LogP contribution in [0.4, 0.5) is 0 Å². The Bertz CT molecular complexity index is 752. The highest BCUT2D eigenvalue weighted by molar-refractivity contribution is 7.12. The van der Waals surface area contributed by atoms with E-state index in [0.29, 0.717) is 26.2 Å². The molecule has 0 aromatic carbocycles. The summed E-state index contributed by atoms with van der Waals surface area (Å²) in [4.78, 5) is 56.8. The minimum Gasteiger partial charge on any atom is -0.211 e. The Balaban J connectivity index is 0.000000260. The molecule has 0 amide bonds. The van der Waals surface area contributed by atoms with Gasteiger partial charge in [0.25, 0.3) is 0 Å². The van der Waals surface area contributed by atoms with Crippen LogP contribution in [0.15, 0.2) is 44.2 Å². The summed E-state index contributed by atoms with van der Waals surface area (Å²) in [6.45, 7) is 1.38. The zero-order valence-electron chi connectivity index (χ0n) is 13.4. The van der Waals surface area contributed by atoms with E-state index in [2.05, 4.69) is 20.0 Å². The van der Waals surface area contributed by atoms with Crippen LogP contribution < -0.4 is 0 Å². The molecule has 2 aromatic heterocycles. The Labute approximate surface area is 156 Å². The van der Waals surface area contributed by atoms with Gasteiger partial charge in [0, 0.05) is 19.5 Å². The summed E-state index contributed by atoms with van der Waals surface area (Å²) >= 11 is 2.93. The lowest BCUT2D eigenvalue weighted by Gasteiger charge is -1.84. The highest BCUT2D eigenvalue weighted by atomic mass is 32.1. The molecule has 0 atom stereocenters. The van der Waals surface area contributed by atoms with Crippen molar-refractivity contribution in [1.82, 2.24) is 0 Å². The molecule has 0 unspecified atom stereocenters. The van der Waals surface area contributed by atoms with Gasteiger partial charge in [-0.15, -0.1) is 22.7 Å². The molecule has 0 saturated carbocycles. The average molecular weight is 388 g/mol. The van der Waals surface area contributed by atoms with Crippen LogP contribution >= 0.6 is 22.7 Å². The fourth-order valence-corrected chi connectivity index (χ4v) is 3.36. The molecule has 0 aliphatic heterocycles. The lowest BCUT2D eigenvalue weighted by Crippen LogP contribution is -1.71. The molecule has 26 heavy (non-hydrogen) atoms. The van der Waals surface area contributed by atoms with E-state index in [1.165, 1.54) is 47.0 Å². The second kappa shape index (κ2) is 13.2. The molecule has 0 N–H and O–H groups in total. The lowest BCUT2D eigenvalue weighted by molar-refractivity contribution is 0.562. The fourth-order valence-electron chi connectivity index (χ4n) is 1.63. The summed E-state index contributed by atoms with van der Waals surface area (Å²) in [6.07, 6.45) is 5.86. The van der Waals surface area contributed by atoms with Crippen LogP contribution in [0.25, 0.3) is 0 Å². The topological polar surface area (TPSA) is 118 Å². The molecule has 0 aliphatic rings. The minimum atomic E-state index is 0.346. The number of thiophene rings is 2. The maximum atomic E-state index is 9.80. The average Bonchev–Trinajstić information content (AvgIpc) is 3.31. The second-order valence-electron chi connectivity index (χ2n) is 4.37. The van der Waals surface area contributed by atoms with Crippen molar-refractivity contribution in [2.75, 3.05) is 0 Å². The van der Waals surface area contributed by atoms with E-state index in [4.69, 9.17) is 0 Å². The number of isocyanates is 4. The summed E-state index contributed by atoms with van der Waals surface area (Å²) in [5.74, 6) is 0. The number of nitrogens with zero attached hydrogens (tertiary/aromatic N) is 4. The van der Waals surface area contributed by atoms with Gasteiger partial charge in [0.2, 0.25) is 24.3 Å². The molecule has 0 saturated heterocycles. The quantitative estimate of drug-likeness (QED) is 0.510. The second-order valence-corrected chi connectivity index (χ2v) is 6.87. The first kappa shape index (κ1) is 21.0.